The Kier molecular flexibility index (Phi) is 4.66. The molecule has 6 heteroatoms. The molecule has 1 heterocycles. The number of hydrogen-bond acceptors (Lipinski definition) is 3. The first-order chi connectivity index (χ1) is 11.5. The molecule has 0 unspecified atom stereocenters. The molecule has 1 aromatic heterocycles. The standard InChI is InChI=1S/C18H15BrN2O3/c1-11(17(22)21-13-8-6-12(19)7-9-13)24-18(23)15-10-20-16-5-3-2-4-14(15)16/h2-11,20H,1H3,(H,21,22)/t11-/m0/s1. The molecule has 2 aromatic carbocycles. The first kappa shape index (κ1) is 16.3. The highest BCUT2D eigenvalue weighted by atomic mass is 79.9. The van der Waals surface area contributed by atoms with Crippen molar-refractivity contribution in [3.05, 3.63) is 64.8 Å². The number of ether oxygens (including phenoxy) is 1. The maximum atomic E-state index is 12.3. The van der Waals surface area contributed by atoms with Gasteiger partial charge < -0.3 is 15.0 Å². The van der Waals surface area contributed by atoms with Crippen molar-refractivity contribution in [2.45, 2.75) is 13.0 Å². The number of carbonyl (C=O) groups excluding carboxylic acids is 2. The first-order valence-electron chi connectivity index (χ1n) is 7.38. The summed E-state index contributed by atoms with van der Waals surface area (Å²) in [4.78, 5) is 27.5. The monoisotopic (exact) mass is 386 g/mol. The Labute approximate surface area is 147 Å². The molecule has 0 aliphatic heterocycles. The van der Waals surface area contributed by atoms with Gasteiger partial charge in [0.05, 0.1) is 5.56 Å². The summed E-state index contributed by atoms with van der Waals surface area (Å²) in [6, 6.07) is 14.6. The van der Waals surface area contributed by atoms with Gasteiger partial charge >= 0.3 is 5.97 Å². The molecule has 0 fully saturated rings. The van der Waals surface area contributed by atoms with Crippen LogP contribution in [0.5, 0.6) is 0 Å². The van der Waals surface area contributed by atoms with Gasteiger partial charge in [-0.3, -0.25) is 4.79 Å². The van der Waals surface area contributed by atoms with E-state index in [0.29, 0.717) is 11.3 Å². The van der Waals surface area contributed by atoms with E-state index in [0.717, 1.165) is 15.4 Å². The molecule has 2 N–H and O–H groups in total. The van der Waals surface area contributed by atoms with Gasteiger partial charge in [0.15, 0.2) is 6.10 Å². The van der Waals surface area contributed by atoms with Crippen molar-refractivity contribution in [2.24, 2.45) is 0 Å². The summed E-state index contributed by atoms with van der Waals surface area (Å²) in [5.41, 5.74) is 1.89. The van der Waals surface area contributed by atoms with E-state index in [1.54, 1.807) is 25.3 Å². The Hall–Kier alpha value is -2.60. The number of para-hydroxylation sites is 1. The Bertz CT molecular complexity index is 887. The third-order valence-electron chi connectivity index (χ3n) is 3.57. The fourth-order valence-corrected chi connectivity index (χ4v) is 2.56. The minimum atomic E-state index is -0.908. The Morgan fingerprint density at radius 3 is 2.58 bits per heavy atom. The molecule has 3 aromatic rings. The summed E-state index contributed by atoms with van der Waals surface area (Å²) in [5, 5.41) is 3.48. The van der Waals surface area contributed by atoms with Crippen molar-refractivity contribution >= 4 is 44.4 Å². The molecule has 0 spiro atoms. The normalized spacial score (nSPS) is 11.9. The van der Waals surface area contributed by atoms with Crippen LogP contribution in [0.4, 0.5) is 5.69 Å². The van der Waals surface area contributed by atoms with Gasteiger partial charge in [0, 0.05) is 27.3 Å². The molecule has 3 rings (SSSR count). The van der Waals surface area contributed by atoms with Crippen LogP contribution in [0.25, 0.3) is 10.9 Å². The lowest BCUT2D eigenvalue weighted by atomic mass is 10.2. The number of halogens is 1. The Morgan fingerprint density at radius 2 is 1.83 bits per heavy atom. The summed E-state index contributed by atoms with van der Waals surface area (Å²) in [6.45, 7) is 1.54. The average molecular weight is 387 g/mol. The van der Waals surface area contributed by atoms with E-state index < -0.39 is 12.1 Å². The van der Waals surface area contributed by atoms with E-state index >= 15 is 0 Å². The molecule has 0 aliphatic carbocycles. The fraction of sp³-hybridized carbons (Fsp3) is 0.111. The second-order valence-electron chi connectivity index (χ2n) is 5.29. The van der Waals surface area contributed by atoms with Gasteiger partial charge in [-0.25, -0.2) is 4.79 Å². The van der Waals surface area contributed by atoms with Crippen LogP contribution in [0, 0.1) is 0 Å². The van der Waals surface area contributed by atoms with Crippen LogP contribution in [-0.2, 0) is 9.53 Å². The quantitative estimate of drug-likeness (QED) is 0.662. The van der Waals surface area contributed by atoms with Crippen LogP contribution in [-0.4, -0.2) is 23.0 Å². The predicted octanol–water partition coefficient (Wildman–Crippen LogP) is 4.11. The van der Waals surface area contributed by atoms with Gasteiger partial charge in [0.2, 0.25) is 0 Å². The number of aromatic nitrogens is 1. The summed E-state index contributed by atoms with van der Waals surface area (Å²) >= 11 is 3.33. The summed E-state index contributed by atoms with van der Waals surface area (Å²) in [5.74, 6) is -0.920. The first-order valence-corrected chi connectivity index (χ1v) is 8.17. The van der Waals surface area contributed by atoms with Gasteiger partial charge in [0.25, 0.3) is 5.91 Å². The third-order valence-corrected chi connectivity index (χ3v) is 4.10. The molecular weight excluding hydrogens is 372 g/mol. The van der Waals surface area contributed by atoms with E-state index in [9.17, 15) is 9.59 Å². The zero-order valence-electron chi connectivity index (χ0n) is 12.9. The molecule has 0 radical (unpaired) electrons. The number of carbonyl (C=O) groups is 2. The molecule has 5 nitrogen and oxygen atoms in total. The Morgan fingerprint density at radius 1 is 1.12 bits per heavy atom. The summed E-state index contributed by atoms with van der Waals surface area (Å²) in [7, 11) is 0. The molecule has 122 valence electrons. The smallest absolute Gasteiger partial charge is 0.341 e. The highest BCUT2D eigenvalue weighted by Gasteiger charge is 2.21. The van der Waals surface area contributed by atoms with Crippen LogP contribution in [0.15, 0.2) is 59.2 Å². The van der Waals surface area contributed by atoms with Gasteiger partial charge in [-0.2, -0.15) is 0 Å². The van der Waals surface area contributed by atoms with E-state index in [4.69, 9.17) is 4.74 Å². The van der Waals surface area contributed by atoms with E-state index in [2.05, 4.69) is 26.2 Å². The number of fused-ring (bicyclic) bond motifs is 1. The van der Waals surface area contributed by atoms with Crippen molar-refractivity contribution < 1.29 is 14.3 Å². The molecule has 24 heavy (non-hydrogen) atoms. The van der Waals surface area contributed by atoms with Crippen LogP contribution in [0.2, 0.25) is 0 Å². The van der Waals surface area contributed by atoms with Gasteiger partial charge in [-0.1, -0.05) is 34.1 Å². The van der Waals surface area contributed by atoms with Crippen molar-refractivity contribution in [3.63, 3.8) is 0 Å². The number of hydrogen-bond donors (Lipinski definition) is 2. The van der Waals surface area contributed by atoms with Crippen molar-refractivity contribution in [1.82, 2.24) is 4.98 Å². The number of anilines is 1. The lowest BCUT2D eigenvalue weighted by Gasteiger charge is -2.13. The largest absolute Gasteiger partial charge is 0.449 e. The predicted molar refractivity (Wildman–Crippen MR) is 95.9 cm³/mol. The molecule has 0 saturated heterocycles. The van der Waals surface area contributed by atoms with Crippen LogP contribution in [0.1, 0.15) is 17.3 Å². The zero-order chi connectivity index (χ0) is 17.1. The molecule has 0 aliphatic rings. The van der Waals surface area contributed by atoms with Crippen molar-refractivity contribution in [1.29, 1.82) is 0 Å². The van der Waals surface area contributed by atoms with E-state index in [1.165, 1.54) is 0 Å². The number of esters is 1. The third kappa shape index (κ3) is 3.49. The highest BCUT2D eigenvalue weighted by Crippen LogP contribution is 2.19. The lowest BCUT2D eigenvalue weighted by molar-refractivity contribution is -0.123. The summed E-state index contributed by atoms with van der Waals surface area (Å²) in [6.07, 6.45) is 0.682. The lowest BCUT2D eigenvalue weighted by Crippen LogP contribution is -2.29. The molecule has 1 amide bonds. The van der Waals surface area contributed by atoms with Gasteiger partial charge in [0.1, 0.15) is 0 Å². The zero-order valence-corrected chi connectivity index (χ0v) is 14.5. The van der Waals surface area contributed by atoms with Crippen LogP contribution >= 0.6 is 15.9 Å². The molecule has 0 saturated carbocycles. The van der Waals surface area contributed by atoms with Crippen LogP contribution < -0.4 is 5.32 Å². The number of rotatable bonds is 4. The van der Waals surface area contributed by atoms with Gasteiger partial charge in [-0.05, 0) is 37.3 Å². The second kappa shape index (κ2) is 6.88. The Balaban J connectivity index is 1.67. The number of benzene rings is 2. The molecule has 0 bridgehead atoms. The minimum Gasteiger partial charge on any atom is -0.449 e. The SMILES string of the molecule is C[C@H](OC(=O)c1c[nH]c2ccccc12)C(=O)Nc1ccc(Br)cc1. The van der Waals surface area contributed by atoms with Crippen LogP contribution in [0.3, 0.4) is 0 Å². The maximum Gasteiger partial charge on any atom is 0.341 e. The fourth-order valence-electron chi connectivity index (χ4n) is 2.30. The van der Waals surface area contributed by atoms with Gasteiger partial charge in [-0.15, -0.1) is 0 Å². The second-order valence-corrected chi connectivity index (χ2v) is 6.21. The molecule has 1 atom stereocenters. The number of aromatic amines is 1. The minimum absolute atomic E-state index is 0.384. The topological polar surface area (TPSA) is 71.2 Å². The number of amides is 1. The summed E-state index contributed by atoms with van der Waals surface area (Å²) < 4.78 is 6.20. The number of nitrogens with one attached hydrogen (secondary N) is 2. The van der Waals surface area contributed by atoms with Crippen molar-refractivity contribution in [3.8, 4) is 0 Å². The maximum absolute atomic E-state index is 12.3. The molecular formula is C18H15BrN2O3. The average Bonchev–Trinajstić information content (AvgIpc) is 3.01. The van der Waals surface area contributed by atoms with Crippen molar-refractivity contribution in [2.75, 3.05) is 5.32 Å². The van der Waals surface area contributed by atoms with E-state index in [-0.39, 0.29) is 5.91 Å². The van der Waals surface area contributed by atoms with E-state index in [1.807, 2.05) is 36.4 Å². The number of H-pyrrole nitrogens is 1. The highest BCUT2D eigenvalue weighted by molar-refractivity contribution is 9.10.